The lowest BCUT2D eigenvalue weighted by molar-refractivity contribution is -0.348. The van der Waals surface area contributed by atoms with E-state index in [4.69, 9.17) is 33.2 Å². The average Bonchev–Trinajstić information content (AvgIpc) is 3.39. The van der Waals surface area contributed by atoms with E-state index in [1.165, 1.54) is 0 Å². The van der Waals surface area contributed by atoms with E-state index >= 15 is 0 Å². The van der Waals surface area contributed by atoms with Crippen LogP contribution in [0.3, 0.4) is 0 Å². The molecule has 1 unspecified atom stereocenters. The predicted molar refractivity (Wildman–Crippen MR) is 145 cm³/mol. The summed E-state index contributed by atoms with van der Waals surface area (Å²) in [5.41, 5.74) is 0. The van der Waals surface area contributed by atoms with E-state index in [2.05, 4.69) is 5.32 Å². The lowest BCUT2D eigenvalue weighted by atomic mass is 9.96. The molecular formula is C26H45NO21. The summed E-state index contributed by atoms with van der Waals surface area (Å²) >= 11 is 0. The summed E-state index contributed by atoms with van der Waals surface area (Å²) in [6.07, 6.45) is -34.2. The zero-order valence-electron chi connectivity index (χ0n) is 25.5. The molecule has 280 valence electrons. The number of rotatable bonds is 12. The van der Waals surface area contributed by atoms with Crippen molar-refractivity contribution in [2.45, 2.75) is 130 Å². The molecule has 22 heteroatoms. The quantitative estimate of drug-likeness (QED) is 0.0895. The normalized spacial score (nSPS) is 49.1. The summed E-state index contributed by atoms with van der Waals surface area (Å²) in [5, 5.41) is 136. The van der Waals surface area contributed by atoms with Crippen LogP contribution >= 0.6 is 0 Å². The fourth-order valence-corrected chi connectivity index (χ4v) is 5.92. The van der Waals surface area contributed by atoms with Crippen molar-refractivity contribution in [1.29, 1.82) is 0 Å². The minimum atomic E-state index is -2.02. The van der Waals surface area contributed by atoms with Gasteiger partial charge < -0.3 is 105 Å². The number of amides is 1. The van der Waals surface area contributed by atoms with Gasteiger partial charge in [-0.25, -0.2) is 0 Å². The van der Waals surface area contributed by atoms with Crippen LogP contribution in [0.15, 0.2) is 0 Å². The third-order valence-electron chi connectivity index (χ3n) is 8.59. The Labute approximate surface area is 272 Å². The van der Waals surface area contributed by atoms with Crippen molar-refractivity contribution < 1.29 is 104 Å². The molecule has 48 heavy (non-hydrogen) atoms. The van der Waals surface area contributed by atoms with Gasteiger partial charge in [0.15, 0.2) is 25.2 Å². The van der Waals surface area contributed by atoms with Crippen molar-refractivity contribution in [3.63, 3.8) is 0 Å². The van der Waals surface area contributed by atoms with Crippen molar-refractivity contribution in [1.82, 2.24) is 5.32 Å². The molecule has 4 aliphatic rings. The van der Waals surface area contributed by atoms with Crippen molar-refractivity contribution in [2.24, 2.45) is 0 Å². The van der Waals surface area contributed by atoms with E-state index < -0.39 is 155 Å². The van der Waals surface area contributed by atoms with Gasteiger partial charge in [-0.05, 0) is 0 Å². The maximum Gasteiger partial charge on any atom is 0.217 e. The first-order valence-corrected chi connectivity index (χ1v) is 15.1. The summed E-state index contributed by atoms with van der Waals surface area (Å²) in [4.78, 5) is 12.0. The Bertz CT molecular complexity index is 1030. The fraction of sp³-hybridized carbons (Fsp3) is 0.962. The molecule has 4 fully saturated rings. The Morgan fingerprint density at radius 3 is 1.67 bits per heavy atom. The number of carbonyl (C=O) groups is 1. The molecule has 0 aromatic rings. The SMILES string of the molecule is CC(=O)N[C@H]1[C@@H](O[C@H]2[C@@H](O[C@H]3C(O)O[C@H](CO)[C@H](O)[C@@H]3O)O[C@@H]([C@H](O)CO)[C@@H]2O[C@H]2O[C@H](CO)[C@H](O)[C@H](O)[C@H]2O)O[C@H](CO)[C@@H](O)[C@@H]1O. The molecule has 4 heterocycles. The highest BCUT2D eigenvalue weighted by molar-refractivity contribution is 5.73. The highest BCUT2D eigenvalue weighted by Crippen LogP contribution is 2.37. The van der Waals surface area contributed by atoms with Gasteiger partial charge in [-0.1, -0.05) is 0 Å². The molecule has 0 spiro atoms. The molecule has 4 saturated heterocycles. The lowest BCUT2D eigenvalue weighted by Crippen LogP contribution is -2.66. The zero-order valence-corrected chi connectivity index (χ0v) is 25.5. The highest BCUT2D eigenvalue weighted by Gasteiger charge is 2.58. The second-order valence-corrected chi connectivity index (χ2v) is 11.9. The maximum atomic E-state index is 12.0. The Morgan fingerprint density at radius 1 is 0.604 bits per heavy atom. The second kappa shape index (κ2) is 16.8. The molecule has 4 aliphatic heterocycles. The van der Waals surface area contributed by atoms with Gasteiger partial charge in [-0.3, -0.25) is 4.79 Å². The van der Waals surface area contributed by atoms with Crippen molar-refractivity contribution in [3.05, 3.63) is 0 Å². The van der Waals surface area contributed by atoms with Gasteiger partial charge >= 0.3 is 0 Å². The molecule has 1 amide bonds. The number of carbonyl (C=O) groups excluding carboxylic acids is 1. The van der Waals surface area contributed by atoms with Gasteiger partial charge in [-0.2, -0.15) is 0 Å². The Balaban J connectivity index is 1.73. The molecule has 0 aromatic heterocycles. The van der Waals surface area contributed by atoms with Crippen LogP contribution < -0.4 is 5.32 Å². The number of aliphatic hydroxyl groups excluding tert-OH is 13. The van der Waals surface area contributed by atoms with Crippen LogP contribution in [0.5, 0.6) is 0 Å². The lowest BCUT2D eigenvalue weighted by Gasteiger charge is -2.45. The van der Waals surface area contributed by atoms with Gasteiger partial charge in [0.2, 0.25) is 5.91 Å². The fourth-order valence-electron chi connectivity index (χ4n) is 5.92. The van der Waals surface area contributed by atoms with Crippen molar-refractivity contribution in [2.75, 3.05) is 26.4 Å². The van der Waals surface area contributed by atoms with E-state index in [9.17, 15) is 71.2 Å². The van der Waals surface area contributed by atoms with Gasteiger partial charge in [0, 0.05) is 6.92 Å². The Hall–Kier alpha value is -1.33. The largest absolute Gasteiger partial charge is 0.394 e. The topological polar surface area (TPSA) is 357 Å². The van der Waals surface area contributed by atoms with E-state index in [1.54, 1.807) is 0 Å². The van der Waals surface area contributed by atoms with E-state index in [-0.39, 0.29) is 0 Å². The minimum absolute atomic E-state index is 0.734. The molecule has 4 rings (SSSR count). The maximum absolute atomic E-state index is 12.0. The van der Waals surface area contributed by atoms with Crippen LogP contribution in [-0.2, 0) is 38.0 Å². The first-order valence-electron chi connectivity index (χ1n) is 15.1. The van der Waals surface area contributed by atoms with Crippen LogP contribution in [0.1, 0.15) is 6.92 Å². The van der Waals surface area contributed by atoms with Gasteiger partial charge in [0.05, 0.1) is 26.4 Å². The molecule has 0 aliphatic carbocycles. The molecule has 20 atom stereocenters. The molecule has 0 saturated carbocycles. The summed E-state index contributed by atoms with van der Waals surface area (Å²) in [6, 6.07) is -1.57. The van der Waals surface area contributed by atoms with Gasteiger partial charge in [0.1, 0.15) is 97.6 Å². The first-order chi connectivity index (χ1) is 22.7. The van der Waals surface area contributed by atoms with E-state index in [0.29, 0.717) is 0 Å². The second-order valence-electron chi connectivity index (χ2n) is 11.9. The summed E-state index contributed by atoms with van der Waals surface area (Å²) < 4.78 is 39.5. The summed E-state index contributed by atoms with van der Waals surface area (Å²) in [7, 11) is 0. The molecule has 0 aromatic carbocycles. The minimum Gasteiger partial charge on any atom is -0.394 e. The third-order valence-corrected chi connectivity index (χ3v) is 8.59. The van der Waals surface area contributed by atoms with Crippen LogP contribution in [0.2, 0.25) is 0 Å². The third kappa shape index (κ3) is 8.08. The molecule has 0 radical (unpaired) electrons. The van der Waals surface area contributed by atoms with Gasteiger partial charge in [-0.15, -0.1) is 0 Å². The highest BCUT2D eigenvalue weighted by atomic mass is 16.8. The first kappa shape index (κ1) is 39.5. The number of aliphatic hydroxyl groups is 13. The van der Waals surface area contributed by atoms with Gasteiger partial charge in [0.25, 0.3) is 0 Å². The molecule has 22 nitrogen and oxygen atoms in total. The predicted octanol–water partition coefficient (Wildman–Crippen LogP) is -9.61. The van der Waals surface area contributed by atoms with E-state index in [1.807, 2.05) is 0 Å². The zero-order chi connectivity index (χ0) is 35.6. The van der Waals surface area contributed by atoms with Crippen molar-refractivity contribution >= 4 is 5.91 Å². The smallest absolute Gasteiger partial charge is 0.217 e. The van der Waals surface area contributed by atoms with E-state index in [0.717, 1.165) is 6.92 Å². The molecular weight excluding hydrogens is 662 g/mol. The molecule has 14 N–H and O–H groups in total. The Kier molecular flexibility index (Phi) is 13.8. The standard InChI is InChI=1S/C26H45NO21/c1-6(32)27-11-15(37)12(34)9(4-30)43-24(11)48-22-21(47-25-18(40)16(38)13(35)10(5-31)44-25)19(7(33)2-28)45-26(22)46-20-17(39)14(36)8(3-29)42-23(20)41/h7-26,28-31,33-41H,2-5H2,1H3,(H,27,32)/t7-,8-,9-,10-,11-,12-,13+,14+,15-,16+,17+,18-,19+,20-,21+,22-,23?,24-,25-,26-/m1/s1. The Morgan fingerprint density at radius 2 is 1.10 bits per heavy atom. The van der Waals surface area contributed by atoms with Crippen molar-refractivity contribution in [3.8, 4) is 0 Å². The summed E-state index contributed by atoms with van der Waals surface area (Å²) in [5.74, 6) is -0.734. The number of hydrogen-bond donors (Lipinski definition) is 14. The number of hydrogen-bond acceptors (Lipinski definition) is 21. The summed E-state index contributed by atoms with van der Waals surface area (Å²) in [6.45, 7) is -2.46. The van der Waals surface area contributed by atoms with Crippen LogP contribution in [0.4, 0.5) is 0 Å². The van der Waals surface area contributed by atoms with Crippen LogP contribution in [0.25, 0.3) is 0 Å². The average molecular weight is 708 g/mol. The number of nitrogens with one attached hydrogen (secondary N) is 1. The molecule has 0 bridgehead atoms. The number of ether oxygens (including phenoxy) is 7. The van der Waals surface area contributed by atoms with Crippen LogP contribution in [0, 0.1) is 0 Å². The monoisotopic (exact) mass is 707 g/mol. The van der Waals surface area contributed by atoms with Crippen LogP contribution in [-0.4, -0.2) is 221 Å².